The number of aliphatic hydroxyl groups is 1. The van der Waals surface area contributed by atoms with Gasteiger partial charge in [0, 0.05) is 29.7 Å². The second kappa shape index (κ2) is 9.72. The number of hydrogen-bond acceptors (Lipinski definition) is 4. The maximum Gasteiger partial charge on any atom is 0.272 e. The van der Waals surface area contributed by atoms with Crippen molar-refractivity contribution < 1.29 is 9.90 Å². The van der Waals surface area contributed by atoms with Crippen LogP contribution in [-0.2, 0) is 0 Å². The van der Waals surface area contributed by atoms with Crippen LogP contribution < -0.4 is 0 Å². The number of rotatable bonds is 7. The van der Waals surface area contributed by atoms with Gasteiger partial charge in [-0.3, -0.25) is 14.4 Å². The van der Waals surface area contributed by atoms with Crippen LogP contribution in [0.2, 0.25) is 5.02 Å². The molecular weight excluding hydrogens is 412 g/mol. The van der Waals surface area contributed by atoms with E-state index < -0.39 is 6.23 Å². The highest BCUT2D eigenvalue weighted by atomic mass is 35.5. The molecule has 2 aliphatic heterocycles. The molecule has 0 bridgehead atoms. The van der Waals surface area contributed by atoms with Crippen LogP contribution in [0.4, 0.5) is 0 Å². The minimum Gasteiger partial charge on any atom is -0.376 e. The number of carbonyl (C=O) groups is 1. The number of hydrogen-bond donors (Lipinski definition) is 1. The van der Waals surface area contributed by atoms with Crippen LogP contribution in [0.5, 0.6) is 0 Å². The lowest BCUT2D eigenvalue weighted by Gasteiger charge is -2.40. The monoisotopic (exact) mass is 444 g/mol. The quantitative estimate of drug-likeness (QED) is 0.678. The molecule has 0 aliphatic carbocycles. The van der Waals surface area contributed by atoms with Gasteiger partial charge in [-0.15, -0.1) is 0 Å². The number of piperidine rings is 1. The SMILES string of the molecule is CCCCC1CN(CC(O)N2CCCC[C@H]2C)C(=O)c2cc(-c3ccc(Cl)cc3)nn21. The summed E-state index contributed by atoms with van der Waals surface area (Å²) < 4.78 is 1.91. The molecule has 0 radical (unpaired) electrons. The fourth-order valence-electron chi connectivity index (χ4n) is 4.85. The van der Waals surface area contributed by atoms with Crippen LogP contribution in [0.15, 0.2) is 30.3 Å². The third-order valence-electron chi connectivity index (χ3n) is 6.67. The number of carbonyl (C=O) groups excluding carboxylic acids is 1. The van der Waals surface area contributed by atoms with Crippen molar-refractivity contribution in [1.29, 1.82) is 0 Å². The van der Waals surface area contributed by atoms with Crippen LogP contribution in [0.3, 0.4) is 0 Å². The summed E-state index contributed by atoms with van der Waals surface area (Å²) >= 11 is 6.03. The van der Waals surface area contributed by atoms with E-state index in [2.05, 4.69) is 18.7 Å². The van der Waals surface area contributed by atoms with Gasteiger partial charge in [-0.05, 0) is 44.4 Å². The number of β-amino-alcohol motifs (C(OH)–C–C–N with tert-alkyl or cyclic N) is 1. The van der Waals surface area contributed by atoms with E-state index in [1.54, 1.807) is 0 Å². The highest BCUT2D eigenvalue weighted by molar-refractivity contribution is 6.30. The number of benzene rings is 1. The smallest absolute Gasteiger partial charge is 0.272 e. The van der Waals surface area contributed by atoms with Gasteiger partial charge in [-0.2, -0.15) is 5.10 Å². The van der Waals surface area contributed by atoms with E-state index >= 15 is 0 Å². The Kier molecular flexibility index (Phi) is 6.99. The van der Waals surface area contributed by atoms with E-state index in [1.165, 1.54) is 6.42 Å². The summed E-state index contributed by atoms with van der Waals surface area (Å²) in [7, 11) is 0. The zero-order valence-electron chi connectivity index (χ0n) is 18.5. The van der Waals surface area contributed by atoms with Crippen molar-refractivity contribution in [3.05, 3.63) is 41.0 Å². The molecule has 2 aromatic rings. The zero-order valence-corrected chi connectivity index (χ0v) is 19.3. The normalized spacial score (nSPS) is 23.1. The van der Waals surface area contributed by atoms with Gasteiger partial charge in [0.2, 0.25) is 0 Å². The number of unbranched alkanes of at least 4 members (excludes halogenated alkanes) is 1. The Labute approximate surface area is 189 Å². The summed E-state index contributed by atoms with van der Waals surface area (Å²) in [5.41, 5.74) is 2.34. The average Bonchev–Trinajstić information content (AvgIpc) is 3.21. The van der Waals surface area contributed by atoms with E-state index in [-0.39, 0.29) is 11.9 Å². The minimum absolute atomic E-state index is 0.0517. The van der Waals surface area contributed by atoms with E-state index in [0.29, 0.717) is 29.8 Å². The maximum absolute atomic E-state index is 13.3. The molecule has 168 valence electrons. The molecule has 0 spiro atoms. The average molecular weight is 445 g/mol. The summed E-state index contributed by atoms with van der Waals surface area (Å²) in [6.07, 6.45) is 5.92. The highest BCUT2D eigenvalue weighted by Gasteiger charge is 2.35. The predicted molar refractivity (Wildman–Crippen MR) is 123 cm³/mol. The van der Waals surface area contributed by atoms with Gasteiger partial charge >= 0.3 is 0 Å². The van der Waals surface area contributed by atoms with Gasteiger partial charge in [-0.1, -0.05) is 49.9 Å². The Hall–Kier alpha value is -1.89. The number of aliphatic hydroxyl groups excluding tert-OH is 1. The first-order valence-corrected chi connectivity index (χ1v) is 11.9. The van der Waals surface area contributed by atoms with Crippen LogP contribution in [0.1, 0.15) is 68.9 Å². The van der Waals surface area contributed by atoms with E-state index in [1.807, 2.05) is 39.9 Å². The van der Waals surface area contributed by atoms with Gasteiger partial charge in [0.1, 0.15) is 11.9 Å². The van der Waals surface area contributed by atoms with Gasteiger partial charge in [0.05, 0.1) is 18.3 Å². The first kappa shape index (κ1) is 22.3. The summed E-state index contributed by atoms with van der Waals surface area (Å²) in [5.74, 6) is -0.0517. The molecule has 2 aliphatic rings. The lowest BCUT2D eigenvalue weighted by atomic mass is 10.0. The molecule has 3 atom stereocenters. The zero-order chi connectivity index (χ0) is 22.0. The van der Waals surface area contributed by atoms with Crippen LogP contribution in [-0.4, -0.2) is 62.5 Å². The number of likely N-dealkylation sites (tertiary alicyclic amines) is 1. The van der Waals surface area contributed by atoms with Crippen molar-refractivity contribution in [2.45, 2.75) is 70.7 Å². The van der Waals surface area contributed by atoms with E-state index in [9.17, 15) is 9.90 Å². The number of amides is 1. The molecule has 7 heteroatoms. The maximum atomic E-state index is 13.3. The molecule has 31 heavy (non-hydrogen) atoms. The fourth-order valence-corrected chi connectivity index (χ4v) is 4.97. The van der Waals surface area contributed by atoms with E-state index in [0.717, 1.165) is 49.9 Å². The lowest BCUT2D eigenvalue weighted by Crippen LogP contribution is -2.53. The Bertz CT molecular complexity index is 897. The minimum atomic E-state index is -0.628. The predicted octanol–water partition coefficient (Wildman–Crippen LogP) is 4.58. The lowest BCUT2D eigenvalue weighted by molar-refractivity contribution is -0.0529. The molecule has 2 unspecified atom stereocenters. The fraction of sp³-hybridized carbons (Fsp3) is 0.583. The molecule has 1 saturated heterocycles. The topological polar surface area (TPSA) is 61.6 Å². The molecule has 4 rings (SSSR count). The molecule has 1 aromatic heterocycles. The first-order chi connectivity index (χ1) is 15.0. The Morgan fingerprint density at radius 3 is 2.74 bits per heavy atom. The molecule has 1 fully saturated rings. The second-order valence-corrected chi connectivity index (χ2v) is 9.37. The number of aromatic nitrogens is 2. The third kappa shape index (κ3) is 4.81. The highest BCUT2D eigenvalue weighted by Crippen LogP contribution is 2.30. The Morgan fingerprint density at radius 2 is 2.03 bits per heavy atom. The van der Waals surface area contributed by atoms with E-state index in [4.69, 9.17) is 16.7 Å². The third-order valence-corrected chi connectivity index (χ3v) is 6.92. The van der Waals surface area contributed by atoms with Crippen LogP contribution >= 0.6 is 11.6 Å². The number of fused-ring (bicyclic) bond motifs is 1. The number of nitrogens with zero attached hydrogens (tertiary/aromatic N) is 4. The second-order valence-electron chi connectivity index (χ2n) is 8.94. The van der Waals surface area contributed by atoms with Gasteiger partial charge in [0.25, 0.3) is 5.91 Å². The first-order valence-electron chi connectivity index (χ1n) is 11.6. The van der Waals surface area contributed by atoms with Crippen molar-refractivity contribution in [2.24, 2.45) is 0 Å². The van der Waals surface area contributed by atoms with Crippen molar-refractivity contribution in [3.8, 4) is 11.3 Å². The Balaban J connectivity index is 1.58. The molecule has 0 saturated carbocycles. The molecular formula is C24H33ClN4O2. The summed E-state index contributed by atoms with van der Waals surface area (Å²) in [4.78, 5) is 17.3. The van der Waals surface area contributed by atoms with Gasteiger partial charge < -0.3 is 10.0 Å². The summed E-state index contributed by atoms with van der Waals surface area (Å²) in [5, 5.41) is 16.4. The van der Waals surface area contributed by atoms with Gasteiger partial charge in [-0.25, -0.2) is 0 Å². The molecule has 6 nitrogen and oxygen atoms in total. The summed E-state index contributed by atoms with van der Waals surface area (Å²) in [6, 6.07) is 9.90. The molecule has 1 N–H and O–H groups in total. The Morgan fingerprint density at radius 1 is 1.26 bits per heavy atom. The van der Waals surface area contributed by atoms with Crippen molar-refractivity contribution >= 4 is 17.5 Å². The van der Waals surface area contributed by atoms with Crippen LogP contribution in [0.25, 0.3) is 11.3 Å². The van der Waals surface area contributed by atoms with Crippen LogP contribution in [0, 0.1) is 0 Å². The number of halogens is 1. The van der Waals surface area contributed by atoms with Crippen molar-refractivity contribution in [3.63, 3.8) is 0 Å². The van der Waals surface area contributed by atoms with Crippen molar-refractivity contribution in [1.82, 2.24) is 19.6 Å². The summed E-state index contributed by atoms with van der Waals surface area (Å²) in [6.45, 7) is 6.16. The van der Waals surface area contributed by atoms with Crippen molar-refractivity contribution in [2.75, 3.05) is 19.6 Å². The largest absolute Gasteiger partial charge is 0.376 e. The standard InChI is InChI=1S/C24H33ClN4O2/c1-3-4-8-20-15-27(16-23(30)28-13-6-5-7-17(28)2)24(31)22-14-21(26-29(20)22)18-9-11-19(25)12-10-18/h9-12,14,17,20,23,30H,3-8,13,15-16H2,1-2H3/t17-,20?,23?/m1/s1. The van der Waals surface area contributed by atoms with Gasteiger partial charge in [0.15, 0.2) is 0 Å². The molecule has 3 heterocycles. The molecule has 1 amide bonds. The molecule has 1 aromatic carbocycles.